The highest BCUT2D eigenvalue weighted by molar-refractivity contribution is 9.10. The van der Waals surface area contributed by atoms with E-state index in [1.165, 1.54) is 0 Å². The number of nitrogens with zero attached hydrogens (tertiary/aromatic N) is 1. The van der Waals surface area contributed by atoms with E-state index in [1.54, 1.807) is 12.3 Å². The van der Waals surface area contributed by atoms with Crippen molar-refractivity contribution < 1.29 is 9.53 Å². The Bertz CT molecular complexity index is 411. The first-order chi connectivity index (χ1) is 7.70. The van der Waals surface area contributed by atoms with E-state index in [2.05, 4.69) is 26.2 Å². The molecular weight excluding hydrogens is 274 g/mol. The van der Waals surface area contributed by atoms with Crippen molar-refractivity contribution in [1.29, 1.82) is 0 Å². The summed E-state index contributed by atoms with van der Waals surface area (Å²) < 4.78 is 6.39. The van der Waals surface area contributed by atoms with Gasteiger partial charge < -0.3 is 15.8 Å². The summed E-state index contributed by atoms with van der Waals surface area (Å²) in [6, 6.07) is 1.79. The molecule has 0 aliphatic carbocycles. The number of fused-ring (bicyclic) bond motifs is 1. The third-order valence-corrected chi connectivity index (χ3v) is 2.73. The molecule has 2 rings (SSSR count). The lowest BCUT2D eigenvalue weighted by Crippen LogP contribution is -2.37. The Morgan fingerprint density at radius 3 is 3.19 bits per heavy atom. The van der Waals surface area contributed by atoms with Crippen LogP contribution in [-0.2, 0) is 4.79 Å². The van der Waals surface area contributed by atoms with Crippen LogP contribution in [0.15, 0.2) is 16.7 Å². The van der Waals surface area contributed by atoms with Crippen LogP contribution >= 0.6 is 15.9 Å². The van der Waals surface area contributed by atoms with Crippen molar-refractivity contribution in [1.82, 2.24) is 4.98 Å². The molecule has 1 unspecified atom stereocenters. The number of halogens is 1. The van der Waals surface area contributed by atoms with Gasteiger partial charge >= 0.3 is 0 Å². The van der Waals surface area contributed by atoms with E-state index >= 15 is 0 Å². The van der Waals surface area contributed by atoms with E-state index < -0.39 is 6.10 Å². The largest absolute Gasteiger partial charge is 0.477 e. The number of amides is 1. The summed E-state index contributed by atoms with van der Waals surface area (Å²) in [6.07, 6.45) is 2.53. The molecule has 1 aromatic heterocycles. The standard InChI is InChI=1S/C10H12BrN3O2/c11-6-4-8-9(13-5-6)14-10(15)7(16-8)2-1-3-12/h4-5,7H,1-3,12H2,(H,13,14,15). The van der Waals surface area contributed by atoms with Gasteiger partial charge in [-0.05, 0) is 41.4 Å². The van der Waals surface area contributed by atoms with Crippen molar-refractivity contribution in [3.05, 3.63) is 16.7 Å². The molecule has 0 radical (unpaired) electrons. The Hall–Kier alpha value is -1.14. The van der Waals surface area contributed by atoms with Crippen LogP contribution < -0.4 is 15.8 Å². The van der Waals surface area contributed by atoms with Gasteiger partial charge in [0.2, 0.25) is 0 Å². The predicted octanol–water partition coefficient (Wildman–Crippen LogP) is 1.28. The Morgan fingerprint density at radius 1 is 1.62 bits per heavy atom. The van der Waals surface area contributed by atoms with Crippen molar-refractivity contribution in [3.8, 4) is 5.75 Å². The number of nitrogens with two attached hydrogens (primary N) is 1. The summed E-state index contributed by atoms with van der Waals surface area (Å²) in [5.41, 5.74) is 5.40. The van der Waals surface area contributed by atoms with Crippen LogP contribution in [0.5, 0.6) is 5.75 Å². The quantitative estimate of drug-likeness (QED) is 0.877. The Labute approximate surface area is 102 Å². The number of hydrogen-bond donors (Lipinski definition) is 2. The molecule has 1 amide bonds. The summed E-state index contributed by atoms with van der Waals surface area (Å²) in [4.78, 5) is 15.7. The fourth-order valence-electron chi connectivity index (χ4n) is 1.50. The molecule has 0 bridgehead atoms. The first kappa shape index (κ1) is 11.3. The van der Waals surface area contributed by atoms with Crippen molar-refractivity contribution in [2.24, 2.45) is 5.73 Å². The van der Waals surface area contributed by atoms with Crippen molar-refractivity contribution in [2.45, 2.75) is 18.9 Å². The maximum absolute atomic E-state index is 11.6. The third kappa shape index (κ3) is 2.33. The minimum Gasteiger partial charge on any atom is -0.477 e. The zero-order valence-electron chi connectivity index (χ0n) is 8.57. The summed E-state index contributed by atoms with van der Waals surface area (Å²) in [5.74, 6) is 0.906. The average molecular weight is 286 g/mol. The summed E-state index contributed by atoms with van der Waals surface area (Å²) in [5, 5.41) is 2.71. The van der Waals surface area contributed by atoms with Gasteiger partial charge in [-0.3, -0.25) is 4.79 Å². The van der Waals surface area contributed by atoms with E-state index in [-0.39, 0.29) is 5.91 Å². The van der Waals surface area contributed by atoms with E-state index in [9.17, 15) is 4.79 Å². The number of carbonyl (C=O) groups excluding carboxylic acids is 1. The lowest BCUT2D eigenvalue weighted by atomic mass is 10.1. The van der Waals surface area contributed by atoms with Crippen molar-refractivity contribution >= 4 is 27.7 Å². The minimum absolute atomic E-state index is 0.157. The predicted molar refractivity (Wildman–Crippen MR) is 63.3 cm³/mol. The number of hydrogen-bond acceptors (Lipinski definition) is 4. The van der Waals surface area contributed by atoms with Gasteiger partial charge in [-0.25, -0.2) is 4.98 Å². The number of aromatic nitrogens is 1. The van der Waals surface area contributed by atoms with Gasteiger partial charge in [-0.15, -0.1) is 0 Å². The number of ether oxygens (including phenoxy) is 1. The van der Waals surface area contributed by atoms with Gasteiger partial charge in [0.05, 0.1) is 0 Å². The fourth-order valence-corrected chi connectivity index (χ4v) is 1.81. The highest BCUT2D eigenvalue weighted by Gasteiger charge is 2.27. The lowest BCUT2D eigenvalue weighted by molar-refractivity contribution is -0.123. The van der Waals surface area contributed by atoms with Crippen LogP contribution in [0.1, 0.15) is 12.8 Å². The second-order valence-electron chi connectivity index (χ2n) is 3.53. The maximum atomic E-state index is 11.6. The Balaban J connectivity index is 2.16. The molecule has 0 saturated heterocycles. The molecule has 3 N–H and O–H groups in total. The fraction of sp³-hybridized carbons (Fsp3) is 0.400. The van der Waals surface area contributed by atoms with Crippen molar-refractivity contribution in [2.75, 3.05) is 11.9 Å². The molecule has 0 spiro atoms. The first-order valence-electron chi connectivity index (χ1n) is 5.04. The summed E-state index contributed by atoms with van der Waals surface area (Å²) in [6.45, 7) is 0.552. The van der Waals surface area contributed by atoms with Crippen LogP contribution in [0.2, 0.25) is 0 Å². The summed E-state index contributed by atoms with van der Waals surface area (Å²) in [7, 11) is 0. The van der Waals surface area contributed by atoms with Crippen LogP contribution in [0.25, 0.3) is 0 Å². The number of pyridine rings is 1. The number of anilines is 1. The molecular formula is C10H12BrN3O2. The van der Waals surface area contributed by atoms with Crippen LogP contribution in [0, 0.1) is 0 Å². The molecule has 86 valence electrons. The molecule has 1 aliphatic rings. The molecule has 2 heterocycles. The van der Waals surface area contributed by atoms with E-state index in [0.717, 1.165) is 10.9 Å². The number of rotatable bonds is 3. The minimum atomic E-state index is -0.466. The molecule has 6 heteroatoms. The van der Waals surface area contributed by atoms with Gasteiger partial charge in [0.15, 0.2) is 17.7 Å². The smallest absolute Gasteiger partial charge is 0.266 e. The van der Waals surface area contributed by atoms with Crippen LogP contribution in [0.4, 0.5) is 5.82 Å². The van der Waals surface area contributed by atoms with Gasteiger partial charge in [0.1, 0.15) is 0 Å². The number of nitrogens with one attached hydrogen (secondary N) is 1. The molecule has 16 heavy (non-hydrogen) atoms. The molecule has 1 aliphatic heterocycles. The molecule has 1 atom stereocenters. The van der Waals surface area contributed by atoms with E-state index in [4.69, 9.17) is 10.5 Å². The SMILES string of the molecule is NCCCC1Oc2cc(Br)cnc2NC1=O. The monoisotopic (exact) mass is 285 g/mol. The average Bonchev–Trinajstić information content (AvgIpc) is 2.27. The first-order valence-corrected chi connectivity index (χ1v) is 5.83. The topological polar surface area (TPSA) is 77.2 Å². The molecule has 0 aromatic carbocycles. The zero-order chi connectivity index (χ0) is 11.5. The third-order valence-electron chi connectivity index (χ3n) is 2.29. The molecule has 1 aromatic rings. The molecule has 0 saturated carbocycles. The van der Waals surface area contributed by atoms with Gasteiger partial charge in [0.25, 0.3) is 5.91 Å². The van der Waals surface area contributed by atoms with Gasteiger partial charge in [-0.1, -0.05) is 0 Å². The van der Waals surface area contributed by atoms with Gasteiger partial charge in [0, 0.05) is 10.7 Å². The normalized spacial score (nSPS) is 18.6. The lowest BCUT2D eigenvalue weighted by Gasteiger charge is -2.24. The van der Waals surface area contributed by atoms with E-state index in [0.29, 0.717) is 24.5 Å². The van der Waals surface area contributed by atoms with Crippen molar-refractivity contribution in [3.63, 3.8) is 0 Å². The highest BCUT2D eigenvalue weighted by Crippen LogP contribution is 2.30. The molecule has 0 fully saturated rings. The highest BCUT2D eigenvalue weighted by atomic mass is 79.9. The second kappa shape index (κ2) is 4.80. The Kier molecular flexibility index (Phi) is 3.40. The maximum Gasteiger partial charge on any atom is 0.266 e. The van der Waals surface area contributed by atoms with E-state index in [1.807, 2.05) is 0 Å². The zero-order valence-corrected chi connectivity index (χ0v) is 10.2. The van der Waals surface area contributed by atoms with Gasteiger partial charge in [-0.2, -0.15) is 0 Å². The van der Waals surface area contributed by atoms with Crippen LogP contribution in [0.3, 0.4) is 0 Å². The number of carbonyl (C=O) groups is 1. The summed E-state index contributed by atoms with van der Waals surface area (Å²) >= 11 is 3.30. The Morgan fingerprint density at radius 2 is 2.44 bits per heavy atom. The molecule has 5 nitrogen and oxygen atoms in total. The van der Waals surface area contributed by atoms with Crippen LogP contribution in [-0.4, -0.2) is 23.5 Å². The second-order valence-corrected chi connectivity index (χ2v) is 4.44.